The van der Waals surface area contributed by atoms with Crippen molar-refractivity contribution in [2.24, 2.45) is 46.3 Å². The summed E-state index contributed by atoms with van der Waals surface area (Å²) in [4.78, 5) is 41.8. The Kier molecular flexibility index (Phi) is 12.0. The molecule has 288 valence electrons. The summed E-state index contributed by atoms with van der Waals surface area (Å²) >= 11 is 12.4. The lowest BCUT2D eigenvalue weighted by Gasteiger charge is -2.63. The van der Waals surface area contributed by atoms with Crippen molar-refractivity contribution in [1.29, 1.82) is 0 Å². The summed E-state index contributed by atoms with van der Waals surface area (Å²) in [6, 6.07) is 11.1. The number of rotatable bonds is 10. The van der Waals surface area contributed by atoms with Crippen molar-refractivity contribution in [2.75, 3.05) is 18.9 Å². The molecule has 10 atom stereocenters. The summed E-state index contributed by atoms with van der Waals surface area (Å²) in [7, 11) is 1.84. The molecule has 0 radical (unpaired) electrons. The van der Waals surface area contributed by atoms with Crippen LogP contribution < -0.4 is 10.6 Å². The van der Waals surface area contributed by atoms with E-state index in [0.717, 1.165) is 74.6 Å². The molecule has 0 spiro atoms. The molecule has 0 heterocycles. The van der Waals surface area contributed by atoms with Crippen LogP contribution in [0.4, 0.5) is 10.5 Å². The number of carbonyl (C=O) groups is 3. The minimum Gasteiger partial charge on any atom is -0.445 e. The Balaban J connectivity index is 1.22. The van der Waals surface area contributed by atoms with Gasteiger partial charge in [-0.25, -0.2) is 4.79 Å². The number of fused-ring (bicyclic) bond motifs is 5. The number of halogens is 2. The number of hydrogen-bond acceptors (Lipinski definition) is 4. The highest BCUT2D eigenvalue weighted by Gasteiger charge is 2.65. The number of aryl methyl sites for hydroxylation is 2. The summed E-state index contributed by atoms with van der Waals surface area (Å²) in [5.74, 6) is 2.57. The fourth-order valence-electron chi connectivity index (χ4n) is 11.8. The fourth-order valence-corrected chi connectivity index (χ4v) is 12.3. The van der Waals surface area contributed by atoms with Gasteiger partial charge in [-0.1, -0.05) is 56.1 Å². The smallest absolute Gasteiger partial charge is 0.411 e. The lowest BCUT2D eigenvalue weighted by Crippen LogP contribution is -2.60. The van der Waals surface area contributed by atoms with Gasteiger partial charge in [0.05, 0.1) is 0 Å². The van der Waals surface area contributed by atoms with E-state index < -0.39 is 0 Å². The van der Waals surface area contributed by atoms with Gasteiger partial charge < -0.3 is 15.0 Å². The highest BCUT2D eigenvalue weighted by molar-refractivity contribution is 6.35. The Morgan fingerprint density at radius 1 is 0.962 bits per heavy atom. The number of nitrogens with zero attached hydrogens (tertiary/aromatic N) is 1. The van der Waals surface area contributed by atoms with Crippen LogP contribution in [0.5, 0.6) is 0 Å². The quantitative estimate of drug-likeness (QED) is 0.236. The van der Waals surface area contributed by atoms with Crippen LogP contribution in [0.3, 0.4) is 0 Å². The molecular weight excluding hydrogens is 705 g/mol. The van der Waals surface area contributed by atoms with Gasteiger partial charge in [-0.15, -0.1) is 6.58 Å². The Morgan fingerprint density at radius 2 is 1.66 bits per heavy atom. The monoisotopic (exact) mass is 763 g/mol. The molecule has 3 amide bonds. The minimum absolute atomic E-state index is 0.0858. The highest BCUT2D eigenvalue weighted by Crippen LogP contribution is 2.69. The van der Waals surface area contributed by atoms with Crippen molar-refractivity contribution in [2.45, 2.75) is 111 Å². The predicted octanol–water partition coefficient (Wildman–Crippen LogP) is 10.7. The van der Waals surface area contributed by atoms with E-state index in [1.165, 1.54) is 0 Å². The van der Waals surface area contributed by atoms with Crippen LogP contribution in [0.2, 0.25) is 10.0 Å². The van der Waals surface area contributed by atoms with Crippen LogP contribution >= 0.6 is 23.2 Å². The number of benzene rings is 2. The zero-order valence-electron chi connectivity index (χ0n) is 32.5. The van der Waals surface area contributed by atoms with E-state index in [2.05, 4.69) is 44.1 Å². The van der Waals surface area contributed by atoms with Gasteiger partial charge in [0, 0.05) is 52.8 Å². The van der Waals surface area contributed by atoms with E-state index >= 15 is 0 Å². The van der Waals surface area contributed by atoms with Crippen LogP contribution in [0.15, 0.2) is 49.1 Å². The number of ether oxygens (including phenoxy) is 1. The van der Waals surface area contributed by atoms with Gasteiger partial charge in [0.15, 0.2) is 0 Å². The molecule has 0 saturated heterocycles. The second-order valence-corrected chi connectivity index (χ2v) is 18.4. The number of carbonyl (C=O) groups excluding carboxylic acids is 3. The first-order chi connectivity index (χ1) is 25.1. The Morgan fingerprint density at radius 3 is 2.34 bits per heavy atom. The molecule has 0 aromatic heterocycles. The number of anilines is 1. The van der Waals surface area contributed by atoms with Crippen LogP contribution in [0.1, 0.15) is 106 Å². The van der Waals surface area contributed by atoms with Gasteiger partial charge in [-0.3, -0.25) is 14.9 Å². The molecule has 53 heavy (non-hydrogen) atoms. The van der Waals surface area contributed by atoms with Crippen molar-refractivity contribution < 1.29 is 19.1 Å². The van der Waals surface area contributed by atoms with E-state index in [-0.39, 0.29) is 40.9 Å². The largest absolute Gasteiger partial charge is 0.445 e. The van der Waals surface area contributed by atoms with Crippen LogP contribution in [0.25, 0.3) is 0 Å². The molecule has 7 nitrogen and oxygen atoms in total. The molecule has 0 bridgehead atoms. The minimum atomic E-state index is -0.386. The second kappa shape index (κ2) is 16.0. The summed E-state index contributed by atoms with van der Waals surface area (Å²) in [5, 5.41) is 7.30. The number of nitrogens with one attached hydrogen (secondary N) is 2. The third kappa shape index (κ3) is 8.17. The van der Waals surface area contributed by atoms with Gasteiger partial charge in [-0.2, -0.15) is 0 Å². The fraction of sp³-hybridized carbons (Fsp3) is 0.614. The topological polar surface area (TPSA) is 87.7 Å². The molecule has 4 saturated carbocycles. The number of likely N-dealkylation sites (N-methyl/N-ethyl adjacent to an activating group) is 1. The van der Waals surface area contributed by atoms with Crippen molar-refractivity contribution >= 4 is 46.8 Å². The Hall–Kier alpha value is -3.03. The van der Waals surface area contributed by atoms with Crippen molar-refractivity contribution in [3.63, 3.8) is 0 Å². The van der Waals surface area contributed by atoms with Crippen molar-refractivity contribution in [3.8, 4) is 0 Å². The van der Waals surface area contributed by atoms with Crippen molar-refractivity contribution in [1.82, 2.24) is 10.2 Å². The number of amides is 3. The lowest BCUT2D eigenvalue weighted by atomic mass is 9.43. The van der Waals surface area contributed by atoms with E-state index in [9.17, 15) is 14.4 Å². The zero-order valence-corrected chi connectivity index (χ0v) is 34.0. The summed E-state index contributed by atoms with van der Waals surface area (Å²) in [6.45, 7) is 15.6. The molecule has 2 N–H and O–H groups in total. The Bertz CT molecular complexity index is 1670. The molecule has 0 unspecified atom stereocenters. The van der Waals surface area contributed by atoms with Crippen LogP contribution in [0, 0.1) is 60.2 Å². The summed E-state index contributed by atoms with van der Waals surface area (Å²) < 4.78 is 6.67. The van der Waals surface area contributed by atoms with E-state index in [4.69, 9.17) is 27.9 Å². The lowest BCUT2D eigenvalue weighted by molar-refractivity contribution is -0.169. The first-order valence-corrected chi connectivity index (χ1v) is 20.6. The maximum atomic E-state index is 13.8. The van der Waals surface area contributed by atoms with Gasteiger partial charge >= 0.3 is 6.09 Å². The third-order valence-corrected chi connectivity index (χ3v) is 14.8. The average molecular weight is 765 g/mol. The third-order valence-electron chi connectivity index (χ3n) is 14.3. The average Bonchev–Trinajstić information content (AvgIpc) is 3.45. The van der Waals surface area contributed by atoms with Crippen LogP contribution in [-0.4, -0.2) is 48.5 Å². The molecule has 2 aromatic carbocycles. The summed E-state index contributed by atoms with van der Waals surface area (Å²) in [5.41, 5.74) is 3.33. The first-order valence-electron chi connectivity index (χ1n) is 19.8. The van der Waals surface area contributed by atoms with Gasteiger partial charge in [0.25, 0.3) is 5.91 Å². The second-order valence-electron chi connectivity index (χ2n) is 17.5. The van der Waals surface area contributed by atoms with Gasteiger partial charge in [-0.05, 0) is 154 Å². The van der Waals surface area contributed by atoms with E-state index in [1.54, 1.807) is 29.2 Å². The molecule has 4 aliphatic carbocycles. The first kappa shape index (κ1) is 39.7. The van der Waals surface area contributed by atoms with E-state index in [0.29, 0.717) is 64.1 Å². The van der Waals surface area contributed by atoms with Gasteiger partial charge in [0.2, 0.25) is 5.91 Å². The van der Waals surface area contributed by atoms with E-state index in [1.807, 2.05) is 33.0 Å². The van der Waals surface area contributed by atoms with Gasteiger partial charge in [0.1, 0.15) is 6.10 Å². The molecule has 4 fully saturated rings. The van der Waals surface area contributed by atoms with Crippen LogP contribution in [-0.2, 0) is 9.53 Å². The maximum absolute atomic E-state index is 13.8. The molecule has 6 rings (SSSR count). The van der Waals surface area contributed by atoms with Crippen molar-refractivity contribution in [3.05, 3.63) is 75.8 Å². The maximum Gasteiger partial charge on any atom is 0.411 e. The summed E-state index contributed by atoms with van der Waals surface area (Å²) in [6.07, 6.45) is 10.7. The number of hydrogen-bond donors (Lipinski definition) is 2. The molecule has 2 aromatic rings. The zero-order chi connectivity index (χ0) is 38.2. The highest BCUT2D eigenvalue weighted by atomic mass is 35.5. The standard InChI is InChI=1S/C44H59Cl2N3O4/c1-8-17-49(7)40(50)14-9-28(4)36-12-13-37-35-11-10-30-23-33(47-41(51)29-21-31(45)24-32(46)22-29)15-16-43(30,5)38(35)25-39(44(36,37)6)53-42(52)48-34-19-26(2)18-27(3)20-34/h8,18-22,24,28,30,33,35-39H,1,9-17,23,25H2,2-7H3,(H,47,51)(H,48,52)/t28-,30-,33-,35+,36-,37+,38+,39+,43+,44-/m1/s1. The molecule has 4 aliphatic rings. The Labute approximate surface area is 327 Å². The molecule has 9 heteroatoms. The predicted molar refractivity (Wildman–Crippen MR) is 214 cm³/mol. The normalized spacial score (nSPS) is 32.3. The molecule has 0 aliphatic heterocycles. The SMILES string of the molecule is C=CCN(C)C(=O)CC[C@@H](C)[C@H]1CC[C@H]2[C@@H]3CC[C@@H]4C[C@H](NC(=O)c5cc(Cl)cc(Cl)c5)CC[C@]4(C)[C@H]3C[C@H](OC(=O)Nc3cc(C)cc(C)c3)[C@]12C. The molecular formula is C44H59Cl2N3O4.